The van der Waals surface area contributed by atoms with Crippen molar-refractivity contribution in [3.05, 3.63) is 65.7 Å². The van der Waals surface area contributed by atoms with Gasteiger partial charge in [-0.3, -0.25) is 4.68 Å². The number of alkyl halides is 3. The van der Waals surface area contributed by atoms with Gasteiger partial charge in [-0.1, -0.05) is 6.07 Å². The van der Waals surface area contributed by atoms with Gasteiger partial charge >= 0.3 is 6.36 Å². The van der Waals surface area contributed by atoms with E-state index in [-0.39, 0.29) is 23.5 Å². The monoisotopic (exact) mass is 474 g/mol. The summed E-state index contributed by atoms with van der Waals surface area (Å²) in [5.41, 5.74) is -1.30. The number of aliphatic hydroxyl groups is 1. The molecule has 172 valence electrons. The number of nitrogens with zero attached hydrogens (tertiary/aromatic N) is 3. The van der Waals surface area contributed by atoms with Crippen LogP contribution in [0.4, 0.5) is 17.6 Å². The summed E-state index contributed by atoms with van der Waals surface area (Å²) < 4.78 is 79.1. The topological polar surface area (TPSA) is 120 Å². The number of pyridine rings is 1. The lowest BCUT2D eigenvalue weighted by Crippen LogP contribution is -2.35. The van der Waals surface area contributed by atoms with Crippen LogP contribution in [0.1, 0.15) is 18.2 Å². The lowest BCUT2D eigenvalue weighted by molar-refractivity contribution is -0.274. The smallest absolute Gasteiger partial charge is 0.406 e. The van der Waals surface area contributed by atoms with Crippen molar-refractivity contribution in [3.8, 4) is 17.1 Å². The molecule has 3 rings (SSSR count). The quantitative estimate of drug-likeness (QED) is 0.508. The van der Waals surface area contributed by atoms with E-state index in [2.05, 4.69) is 14.8 Å². The van der Waals surface area contributed by atoms with Crippen LogP contribution in [0.2, 0.25) is 0 Å². The van der Waals surface area contributed by atoms with Crippen LogP contribution in [0.15, 0.2) is 48.7 Å². The third kappa shape index (κ3) is 6.24. The van der Waals surface area contributed by atoms with Crippen LogP contribution in [-0.2, 0) is 22.2 Å². The second kappa shape index (κ2) is 8.48. The van der Waals surface area contributed by atoms with E-state index in [1.165, 1.54) is 36.0 Å². The number of nitrogens with two attached hydrogens (primary N) is 1. The van der Waals surface area contributed by atoms with Gasteiger partial charge < -0.3 is 9.84 Å². The zero-order valence-corrected chi connectivity index (χ0v) is 17.4. The van der Waals surface area contributed by atoms with E-state index in [1.807, 2.05) is 0 Å². The van der Waals surface area contributed by atoms with Crippen molar-refractivity contribution in [2.24, 2.45) is 5.14 Å². The van der Waals surface area contributed by atoms with Crippen LogP contribution in [0.25, 0.3) is 11.4 Å². The number of aromatic nitrogens is 3. The highest BCUT2D eigenvalue weighted by Crippen LogP contribution is 2.26. The molecule has 8 nitrogen and oxygen atoms in total. The molecule has 0 spiro atoms. The van der Waals surface area contributed by atoms with Crippen molar-refractivity contribution in [2.75, 3.05) is 5.75 Å². The summed E-state index contributed by atoms with van der Waals surface area (Å²) in [5.74, 6) is -2.05. The van der Waals surface area contributed by atoms with Gasteiger partial charge in [0.15, 0.2) is 0 Å². The summed E-state index contributed by atoms with van der Waals surface area (Å²) in [4.78, 5) is 4.23. The number of hydrogen-bond donors (Lipinski definition) is 2. The molecule has 13 heteroatoms. The minimum absolute atomic E-state index is 0.0432. The summed E-state index contributed by atoms with van der Waals surface area (Å²) in [5, 5.41) is 19.7. The number of sulfonamides is 1. The highest BCUT2D eigenvalue weighted by molar-refractivity contribution is 7.89. The first-order valence-corrected chi connectivity index (χ1v) is 10.7. The SMILES string of the molecule is C[C@@](O)(CS(N)(=O)=O)c1cccc(-c2ccn(Cc3cc(OC(F)(F)F)ccc3F)n2)n1. The van der Waals surface area contributed by atoms with Gasteiger partial charge in [-0.25, -0.2) is 22.9 Å². The molecule has 0 bridgehead atoms. The van der Waals surface area contributed by atoms with Gasteiger partial charge in [-0.15, -0.1) is 13.2 Å². The Labute approximate surface area is 180 Å². The van der Waals surface area contributed by atoms with E-state index in [1.54, 1.807) is 6.07 Å². The van der Waals surface area contributed by atoms with Gasteiger partial charge in [-0.2, -0.15) is 5.10 Å². The van der Waals surface area contributed by atoms with Gasteiger partial charge in [0, 0.05) is 11.8 Å². The zero-order valence-electron chi connectivity index (χ0n) is 16.5. The van der Waals surface area contributed by atoms with Crippen molar-refractivity contribution >= 4 is 10.0 Å². The molecule has 0 amide bonds. The van der Waals surface area contributed by atoms with Crippen molar-refractivity contribution < 1.29 is 35.8 Å². The van der Waals surface area contributed by atoms with Crippen molar-refractivity contribution in [1.82, 2.24) is 14.8 Å². The first-order valence-electron chi connectivity index (χ1n) is 9.00. The van der Waals surface area contributed by atoms with Crippen LogP contribution in [-0.4, -0.2) is 40.4 Å². The van der Waals surface area contributed by atoms with E-state index in [0.29, 0.717) is 5.69 Å². The van der Waals surface area contributed by atoms with E-state index < -0.39 is 39.3 Å². The van der Waals surface area contributed by atoms with Crippen LogP contribution in [0.5, 0.6) is 5.75 Å². The first kappa shape index (κ1) is 23.6. The molecule has 32 heavy (non-hydrogen) atoms. The average Bonchev–Trinajstić information content (AvgIpc) is 3.10. The minimum Gasteiger partial charge on any atom is -0.406 e. The molecule has 0 saturated heterocycles. The molecule has 0 aliphatic heterocycles. The van der Waals surface area contributed by atoms with Crippen molar-refractivity contribution in [3.63, 3.8) is 0 Å². The summed E-state index contributed by atoms with van der Waals surface area (Å²) >= 11 is 0. The van der Waals surface area contributed by atoms with Crippen LogP contribution in [0, 0.1) is 5.82 Å². The highest BCUT2D eigenvalue weighted by Gasteiger charge is 2.32. The lowest BCUT2D eigenvalue weighted by Gasteiger charge is -2.21. The standard InChI is InChI=1S/C19H18F4N4O4S/c1-18(28,11-32(24,29)30)17-4-2-3-15(25-17)16-7-8-27(26-16)10-12-9-13(5-6-14(12)20)31-19(21,22)23/h2-9,28H,10-11H2,1H3,(H2,24,29,30)/t18-/m1/s1. The molecule has 0 aliphatic carbocycles. The molecule has 3 aromatic rings. The number of ether oxygens (including phenoxy) is 1. The van der Waals surface area contributed by atoms with Gasteiger partial charge in [0.25, 0.3) is 0 Å². The normalized spacial score (nSPS) is 14.2. The summed E-state index contributed by atoms with van der Waals surface area (Å²) in [6, 6.07) is 8.69. The molecule has 0 unspecified atom stereocenters. The molecule has 1 atom stereocenters. The lowest BCUT2D eigenvalue weighted by atomic mass is 10.0. The molecule has 0 saturated carbocycles. The minimum atomic E-state index is -4.91. The average molecular weight is 474 g/mol. The molecule has 0 aliphatic rings. The summed E-state index contributed by atoms with van der Waals surface area (Å²) in [6.45, 7) is 1.06. The number of benzene rings is 1. The maximum atomic E-state index is 14.1. The van der Waals surface area contributed by atoms with E-state index in [4.69, 9.17) is 5.14 Å². The summed E-state index contributed by atoms with van der Waals surface area (Å²) in [7, 11) is -3.98. The number of rotatable bonds is 7. The Hall–Kier alpha value is -3.03. The molecular weight excluding hydrogens is 456 g/mol. The number of hydrogen-bond acceptors (Lipinski definition) is 6. The zero-order chi connectivity index (χ0) is 23.7. The van der Waals surface area contributed by atoms with Crippen LogP contribution >= 0.6 is 0 Å². The molecule has 1 aromatic carbocycles. The van der Waals surface area contributed by atoms with Gasteiger partial charge in [0.05, 0.1) is 23.7 Å². The number of primary sulfonamides is 1. The van der Waals surface area contributed by atoms with E-state index in [0.717, 1.165) is 18.2 Å². The predicted octanol–water partition coefficient (Wildman–Crippen LogP) is 2.53. The highest BCUT2D eigenvalue weighted by atomic mass is 32.2. The summed E-state index contributed by atoms with van der Waals surface area (Å²) in [6.07, 6.45) is -3.45. The Morgan fingerprint density at radius 1 is 1.16 bits per heavy atom. The van der Waals surface area contributed by atoms with Gasteiger partial charge in [0.1, 0.15) is 22.9 Å². The fraction of sp³-hybridized carbons (Fsp3) is 0.263. The second-order valence-electron chi connectivity index (χ2n) is 7.19. The van der Waals surface area contributed by atoms with Gasteiger partial charge in [0.2, 0.25) is 10.0 Å². The van der Waals surface area contributed by atoms with E-state index in [9.17, 15) is 31.1 Å². The molecule has 2 heterocycles. The van der Waals surface area contributed by atoms with E-state index >= 15 is 0 Å². The fourth-order valence-electron chi connectivity index (χ4n) is 2.97. The molecular formula is C19H18F4N4O4S. The maximum absolute atomic E-state index is 14.1. The van der Waals surface area contributed by atoms with Crippen LogP contribution in [0.3, 0.4) is 0 Å². The second-order valence-corrected chi connectivity index (χ2v) is 8.80. The Bertz CT molecular complexity index is 1230. The molecule has 0 fully saturated rings. The Balaban J connectivity index is 1.84. The Kier molecular flexibility index (Phi) is 6.26. The van der Waals surface area contributed by atoms with Crippen molar-refractivity contribution in [1.29, 1.82) is 0 Å². The number of halogens is 4. The van der Waals surface area contributed by atoms with Crippen molar-refractivity contribution in [2.45, 2.75) is 25.4 Å². The Morgan fingerprint density at radius 3 is 2.53 bits per heavy atom. The van der Waals surface area contributed by atoms with Crippen LogP contribution < -0.4 is 9.88 Å². The third-order valence-electron chi connectivity index (χ3n) is 4.27. The Morgan fingerprint density at radius 2 is 1.88 bits per heavy atom. The first-order chi connectivity index (χ1) is 14.7. The predicted molar refractivity (Wildman–Crippen MR) is 105 cm³/mol. The third-order valence-corrected chi connectivity index (χ3v) is 5.23. The largest absolute Gasteiger partial charge is 0.573 e. The van der Waals surface area contributed by atoms with Gasteiger partial charge in [-0.05, 0) is 43.3 Å². The molecule has 0 radical (unpaired) electrons. The fourth-order valence-corrected chi connectivity index (χ4v) is 3.90. The molecule has 3 N–H and O–H groups in total. The molecule has 2 aromatic heterocycles. The maximum Gasteiger partial charge on any atom is 0.573 e.